The summed E-state index contributed by atoms with van der Waals surface area (Å²) in [7, 11) is 0. The van der Waals surface area contributed by atoms with Crippen LogP contribution in [0.4, 0.5) is 4.39 Å². The lowest BCUT2D eigenvalue weighted by molar-refractivity contribution is 0.136. The summed E-state index contributed by atoms with van der Waals surface area (Å²) in [5.74, 6) is 0.375. The van der Waals surface area contributed by atoms with Crippen LogP contribution in [0.1, 0.15) is 37.8 Å². The lowest BCUT2D eigenvalue weighted by Crippen LogP contribution is -2.44. The molecular weight excluding hydrogens is 287 g/mol. The summed E-state index contributed by atoms with van der Waals surface area (Å²) in [6.07, 6.45) is 2.25. The molecule has 0 spiro atoms. The third-order valence-electron chi connectivity index (χ3n) is 4.17. The van der Waals surface area contributed by atoms with Gasteiger partial charge in [0, 0.05) is 24.7 Å². The number of hydrogen-bond acceptors (Lipinski definition) is 2. The van der Waals surface area contributed by atoms with E-state index < -0.39 is 0 Å². The molecule has 1 aliphatic heterocycles. The van der Waals surface area contributed by atoms with Crippen molar-refractivity contribution in [2.45, 2.75) is 46.2 Å². The average molecular weight is 313 g/mol. The van der Waals surface area contributed by atoms with Gasteiger partial charge in [-0.15, -0.1) is 0 Å². The molecule has 0 aliphatic carbocycles. The van der Waals surface area contributed by atoms with Crippen molar-refractivity contribution in [2.75, 3.05) is 19.6 Å². The van der Waals surface area contributed by atoms with E-state index in [4.69, 9.17) is 11.6 Å². The Hall–Kier alpha value is -0.640. The molecule has 0 saturated carbocycles. The van der Waals surface area contributed by atoms with Crippen LogP contribution in [0.25, 0.3) is 0 Å². The first-order chi connectivity index (χ1) is 9.99. The first-order valence-electron chi connectivity index (χ1n) is 7.87. The highest BCUT2D eigenvalue weighted by Gasteiger charge is 2.24. The van der Waals surface area contributed by atoms with Crippen LogP contribution in [-0.2, 0) is 6.54 Å². The van der Waals surface area contributed by atoms with Gasteiger partial charge in [-0.25, -0.2) is 4.39 Å². The fourth-order valence-electron chi connectivity index (χ4n) is 3.05. The van der Waals surface area contributed by atoms with Gasteiger partial charge in [0.2, 0.25) is 0 Å². The molecule has 0 aromatic heterocycles. The normalized spacial score (nSPS) is 16.9. The molecule has 1 N–H and O–H groups in total. The van der Waals surface area contributed by atoms with Gasteiger partial charge in [-0.05, 0) is 50.4 Å². The van der Waals surface area contributed by atoms with Gasteiger partial charge in [0.15, 0.2) is 0 Å². The molecular formula is C17H26ClFN2. The summed E-state index contributed by atoms with van der Waals surface area (Å²) in [6.45, 7) is 10.0. The van der Waals surface area contributed by atoms with E-state index in [1.807, 2.05) is 6.92 Å². The third kappa shape index (κ3) is 4.41. The SMILES string of the molecule is Cc1ccc(F)c(CN(CC(C)C)C2CCNCC2)c1Cl. The van der Waals surface area contributed by atoms with Crippen molar-refractivity contribution in [3.8, 4) is 0 Å². The van der Waals surface area contributed by atoms with E-state index >= 15 is 0 Å². The molecule has 1 aliphatic rings. The molecule has 1 saturated heterocycles. The van der Waals surface area contributed by atoms with Crippen LogP contribution >= 0.6 is 11.6 Å². The van der Waals surface area contributed by atoms with Crippen LogP contribution in [-0.4, -0.2) is 30.6 Å². The van der Waals surface area contributed by atoms with Crippen molar-refractivity contribution in [1.29, 1.82) is 0 Å². The molecule has 0 bridgehead atoms. The Bertz CT molecular complexity index is 470. The summed E-state index contributed by atoms with van der Waals surface area (Å²) in [5.41, 5.74) is 1.60. The second-order valence-electron chi connectivity index (χ2n) is 6.46. The van der Waals surface area contributed by atoms with Crippen LogP contribution in [0.3, 0.4) is 0 Å². The predicted molar refractivity (Wildman–Crippen MR) is 87.3 cm³/mol. The topological polar surface area (TPSA) is 15.3 Å². The summed E-state index contributed by atoms with van der Waals surface area (Å²) in [5, 5.41) is 3.97. The Morgan fingerprint density at radius 3 is 2.62 bits per heavy atom. The number of piperidine rings is 1. The number of benzene rings is 1. The second-order valence-corrected chi connectivity index (χ2v) is 6.84. The van der Waals surface area contributed by atoms with Gasteiger partial charge in [0.05, 0.1) is 5.02 Å². The summed E-state index contributed by atoms with van der Waals surface area (Å²) in [6, 6.07) is 3.80. The van der Waals surface area contributed by atoms with Crippen molar-refractivity contribution >= 4 is 11.6 Å². The summed E-state index contributed by atoms with van der Waals surface area (Å²) >= 11 is 6.34. The zero-order valence-corrected chi connectivity index (χ0v) is 14.0. The molecule has 1 heterocycles. The zero-order chi connectivity index (χ0) is 15.4. The quantitative estimate of drug-likeness (QED) is 0.884. The van der Waals surface area contributed by atoms with Gasteiger partial charge < -0.3 is 5.32 Å². The van der Waals surface area contributed by atoms with E-state index in [0.29, 0.717) is 29.1 Å². The highest BCUT2D eigenvalue weighted by atomic mass is 35.5. The lowest BCUT2D eigenvalue weighted by atomic mass is 10.0. The van der Waals surface area contributed by atoms with E-state index in [9.17, 15) is 4.39 Å². The smallest absolute Gasteiger partial charge is 0.129 e. The molecule has 1 aromatic rings. The minimum absolute atomic E-state index is 0.187. The number of rotatable bonds is 5. The Morgan fingerprint density at radius 2 is 2.00 bits per heavy atom. The summed E-state index contributed by atoms with van der Waals surface area (Å²) < 4.78 is 14.2. The highest BCUT2D eigenvalue weighted by Crippen LogP contribution is 2.27. The Kier molecular flexibility index (Phi) is 6.03. The van der Waals surface area contributed by atoms with Gasteiger partial charge >= 0.3 is 0 Å². The van der Waals surface area contributed by atoms with Crippen molar-refractivity contribution < 1.29 is 4.39 Å². The van der Waals surface area contributed by atoms with Gasteiger partial charge in [-0.1, -0.05) is 31.5 Å². The van der Waals surface area contributed by atoms with Crippen LogP contribution in [0.15, 0.2) is 12.1 Å². The number of nitrogens with one attached hydrogen (secondary N) is 1. The molecule has 2 nitrogen and oxygen atoms in total. The van der Waals surface area contributed by atoms with Crippen LogP contribution < -0.4 is 5.32 Å². The molecule has 4 heteroatoms. The first kappa shape index (κ1) is 16.7. The minimum Gasteiger partial charge on any atom is -0.317 e. The predicted octanol–water partition coefficient (Wildman–Crippen LogP) is 4.00. The van der Waals surface area contributed by atoms with Crippen LogP contribution in [0, 0.1) is 18.7 Å². The van der Waals surface area contributed by atoms with Crippen molar-refractivity contribution in [1.82, 2.24) is 10.2 Å². The largest absolute Gasteiger partial charge is 0.317 e. The van der Waals surface area contributed by atoms with Gasteiger partial charge in [-0.3, -0.25) is 4.90 Å². The van der Waals surface area contributed by atoms with Gasteiger partial charge in [0.1, 0.15) is 5.82 Å². The maximum absolute atomic E-state index is 14.2. The Morgan fingerprint density at radius 1 is 1.33 bits per heavy atom. The average Bonchev–Trinajstić information content (AvgIpc) is 2.47. The number of nitrogens with zero attached hydrogens (tertiary/aromatic N) is 1. The second kappa shape index (κ2) is 7.57. The monoisotopic (exact) mass is 312 g/mol. The Balaban J connectivity index is 2.20. The molecule has 0 radical (unpaired) electrons. The number of aryl methyl sites for hydroxylation is 1. The molecule has 1 aromatic carbocycles. The first-order valence-corrected chi connectivity index (χ1v) is 8.25. The highest BCUT2D eigenvalue weighted by molar-refractivity contribution is 6.32. The van der Waals surface area contributed by atoms with Crippen molar-refractivity contribution in [2.24, 2.45) is 5.92 Å². The van der Waals surface area contributed by atoms with Crippen LogP contribution in [0.2, 0.25) is 5.02 Å². The fourth-order valence-corrected chi connectivity index (χ4v) is 3.26. The Labute approximate surface area is 132 Å². The van der Waals surface area contributed by atoms with Crippen molar-refractivity contribution in [3.63, 3.8) is 0 Å². The fraction of sp³-hybridized carbons (Fsp3) is 0.647. The number of halogens is 2. The molecule has 21 heavy (non-hydrogen) atoms. The van der Waals surface area contributed by atoms with Gasteiger partial charge in [-0.2, -0.15) is 0 Å². The molecule has 0 atom stereocenters. The zero-order valence-electron chi connectivity index (χ0n) is 13.3. The molecule has 118 valence electrons. The maximum atomic E-state index is 14.2. The minimum atomic E-state index is -0.187. The molecule has 1 fully saturated rings. The van der Waals surface area contributed by atoms with E-state index in [-0.39, 0.29) is 5.82 Å². The van der Waals surface area contributed by atoms with E-state index in [1.165, 1.54) is 6.07 Å². The van der Waals surface area contributed by atoms with E-state index in [0.717, 1.165) is 38.0 Å². The standard InChI is InChI=1S/C17H26ClFN2/c1-12(2)10-21(14-6-8-20-9-7-14)11-15-16(19)5-4-13(3)17(15)18/h4-5,12,14,20H,6-11H2,1-3H3. The van der Waals surface area contributed by atoms with E-state index in [1.54, 1.807) is 6.07 Å². The van der Waals surface area contributed by atoms with Crippen molar-refractivity contribution in [3.05, 3.63) is 34.1 Å². The lowest BCUT2D eigenvalue weighted by Gasteiger charge is -2.36. The molecule has 0 amide bonds. The molecule has 0 unspecified atom stereocenters. The van der Waals surface area contributed by atoms with Crippen LogP contribution in [0.5, 0.6) is 0 Å². The summed E-state index contributed by atoms with van der Waals surface area (Å²) in [4.78, 5) is 2.41. The van der Waals surface area contributed by atoms with E-state index in [2.05, 4.69) is 24.1 Å². The number of hydrogen-bond donors (Lipinski definition) is 1. The third-order valence-corrected chi connectivity index (χ3v) is 4.69. The molecule has 2 rings (SSSR count). The van der Waals surface area contributed by atoms with Gasteiger partial charge in [0.25, 0.3) is 0 Å². The maximum Gasteiger partial charge on any atom is 0.129 e.